The minimum atomic E-state index is -3.28. The lowest BCUT2D eigenvalue weighted by Crippen LogP contribution is -2.52. The molecule has 1 fully saturated rings. The second-order valence-corrected chi connectivity index (χ2v) is 11.0. The second kappa shape index (κ2) is 11.7. The lowest BCUT2D eigenvalue weighted by atomic mass is 10.0. The number of nitrogens with zero attached hydrogens (tertiary/aromatic N) is 1. The number of rotatable bonds is 11. The Balaban J connectivity index is 1.45. The Labute approximate surface area is 202 Å². The Hall–Kier alpha value is -2.61. The third-order valence-electron chi connectivity index (χ3n) is 6.22. The molecule has 0 radical (unpaired) electrons. The average Bonchev–Trinajstić information content (AvgIpc) is 2.78. The highest BCUT2D eigenvalue weighted by Crippen LogP contribution is 2.28. The van der Waals surface area contributed by atoms with Crippen LogP contribution in [0.3, 0.4) is 0 Å². The van der Waals surface area contributed by atoms with Crippen LogP contribution >= 0.6 is 0 Å². The summed E-state index contributed by atoms with van der Waals surface area (Å²) in [4.78, 5) is 14.1. The molecule has 3 rings (SSSR count). The quantitative estimate of drug-likeness (QED) is 0.411. The van der Waals surface area contributed by atoms with E-state index in [1.807, 2.05) is 0 Å². The van der Waals surface area contributed by atoms with E-state index >= 15 is 0 Å². The van der Waals surface area contributed by atoms with Crippen molar-refractivity contribution in [3.63, 3.8) is 0 Å². The van der Waals surface area contributed by atoms with Crippen LogP contribution in [0.5, 0.6) is 5.75 Å². The van der Waals surface area contributed by atoms with Gasteiger partial charge in [-0.1, -0.05) is 51.3 Å². The van der Waals surface area contributed by atoms with E-state index < -0.39 is 15.7 Å². The number of benzene rings is 2. The van der Waals surface area contributed by atoms with Crippen molar-refractivity contribution in [3.8, 4) is 16.9 Å². The van der Waals surface area contributed by atoms with Gasteiger partial charge in [0.15, 0.2) is 21.4 Å². The predicted octanol–water partition coefficient (Wildman–Crippen LogP) is 5.56. The summed E-state index contributed by atoms with van der Waals surface area (Å²) in [5, 5.41) is 0. The maximum atomic E-state index is 14.6. The maximum absolute atomic E-state index is 14.6. The molecule has 1 atom stereocenters. The number of likely N-dealkylation sites (tertiary alicyclic amines) is 1. The molecule has 2 aromatic rings. The fourth-order valence-electron chi connectivity index (χ4n) is 3.90. The highest BCUT2D eigenvalue weighted by Gasteiger charge is 2.32. The van der Waals surface area contributed by atoms with Crippen molar-refractivity contribution in [2.45, 2.75) is 44.4 Å². The van der Waals surface area contributed by atoms with E-state index in [1.165, 1.54) is 18.2 Å². The topological polar surface area (TPSA) is 72.9 Å². The van der Waals surface area contributed by atoms with Crippen molar-refractivity contribution >= 4 is 15.9 Å². The van der Waals surface area contributed by atoms with Crippen molar-refractivity contribution in [2.24, 2.45) is 11.8 Å². The van der Waals surface area contributed by atoms with Gasteiger partial charge in [-0.25, -0.2) is 17.6 Å². The molecular weight excluding hydrogens is 457 g/mol. The summed E-state index contributed by atoms with van der Waals surface area (Å²) in [5.41, 5.74) is 1.35. The van der Waals surface area contributed by atoms with Crippen molar-refractivity contribution in [3.05, 3.63) is 48.3 Å². The zero-order valence-corrected chi connectivity index (χ0v) is 20.9. The maximum Gasteiger partial charge on any atom is 0.409 e. The standard InChI is InChI=1S/C26H34FNO5S/c1-4-6-7-19(5-2)17-33-26(29)28-15-20(16-28)18-32-25-13-10-22(14-24(25)27)21-8-11-23(12-9-21)34(3,30)31/h8-14,19-20H,4-7,15-18H2,1-3H3. The monoisotopic (exact) mass is 491 g/mol. The van der Waals surface area contributed by atoms with Crippen LogP contribution in [-0.2, 0) is 14.6 Å². The van der Waals surface area contributed by atoms with Crippen LogP contribution < -0.4 is 4.74 Å². The molecule has 1 unspecified atom stereocenters. The van der Waals surface area contributed by atoms with Crippen LogP contribution in [-0.4, -0.2) is 52.0 Å². The van der Waals surface area contributed by atoms with Crippen LogP contribution in [0.4, 0.5) is 9.18 Å². The van der Waals surface area contributed by atoms with Gasteiger partial charge < -0.3 is 14.4 Å². The largest absolute Gasteiger partial charge is 0.490 e. The molecule has 1 aliphatic heterocycles. The molecule has 0 spiro atoms. The highest BCUT2D eigenvalue weighted by molar-refractivity contribution is 7.90. The van der Waals surface area contributed by atoms with E-state index in [4.69, 9.17) is 9.47 Å². The van der Waals surface area contributed by atoms with E-state index in [-0.39, 0.29) is 22.7 Å². The fourth-order valence-corrected chi connectivity index (χ4v) is 4.53. The van der Waals surface area contributed by atoms with Crippen LogP contribution in [0, 0.1) is 17.7 Å². The van der Waals surface area contributed by atoms with Crippen LogP contribution in [0.2, 0.25) is 0 Å². The SMILES string of the molecule is CCCCC(CC)COC(=O)N1CC(COc2ccc(-c3ccc(S(C)(=O)=O)cc3)cc2F)C1. The minimum Gasteiger partial charge on any atom is -0.490 e. The van der Waals surface area contributed by atoms with Crippen LogP contribution in [0.15, 0.2) is 47.4 Å². The van der Waals surface area contributed by atoms with E-state index in [9.17, 15) is 17.6 Å². The Bertz CT molecular complexity index is 1070. The number of sulfone groups is 1. The molecule has 0 saturated carbocycles. The first-order chi connectivity index (χ1) is 16.2. The van der Waals surface area contributed by atoms with Gasteiger partial charge >= 0.3 is 6.09 Å². The summed E-state index contributed by atoms with van der Waals surface area (Å²) < 4.78 is 48.9. The zero-order chi connectivity index (χ0) is 24.7. The smallest absolute Gasteiger partial charge is 0.409 e. The molecule has 0 bridgehead atoms. The van der Waals surface area contributed by atoms with E-state index in [0.29, 0.717) is 43.3 Å². The molecule has 1 saturated heterocycles. The number of hydrogen-bond donors (Lipinski definition) is 0. The third-order valence-corrected chi connectivity index (χ3v) is 7.35. The molecule has 1 heterocycles. The molecule has 34 heavy (non-hydrogen) atoms. The molecule has 0 aliphatic carbocycles. The van der Waals surface area contributed by atoms with Crippen LogP contribution in [0.1, 0.15) is 39.5 Å². The molecule has 1 aliphatic rings. The third kappa shape index (κ3) is 6.95. The number of carbonyl (C=O) groups is 1. The van der Waals surface area contributed by atoms with Gasteiger partial charge in [-0.2, -0.15) is 0 Å². The van der Waals surface area contributed by atoms with Crippen LogP contribution in [0.25, 0.3) is 11.1 Å². The van der Waals surface area contributed by atoms with Gasteiger partial charge in [0, 0.05) is 25.3 Å². The number of hydrogen-bond acceptors (Lipinski definition) is 5. The average molecular weight is 492 g/mol. The summed E-state index contributed by atoms with van der Waals surface area (Å²) in [6.07, 6.45) is 5.22. The van der Waals surface area contributed by atoms with Gasteiger partial charge in [-0.3, -0.25) is 0 Å². The zero-order valence-electron chi connectivity index (χ0n) is 20.1. The molecule has 1 amide bonds. The number of ether oxygens (including phenoxy) is 2. The van der Waals surface area contributed by atoms with E-state index in [1.54, 1.807) is 29.2 Å². The summed E-state index contributed by atoms with van der Waals surface area (Å²) in [6, 6.07) is 11.0. The first kappa shape index (κ1) is 26.0. The minimum absolute atomic E-state index is 0.136. The second-order valence-electron chi connectivity index (χ2n) is 9.02. The van der Waals surface area contributed by atoms with Gasteiger partial charge in [0.25, 0.3) is 0 Å². The summed E-state index contributed by atoms with van der Waals surface area (Å²) in [6.45, 7) is 6.13. The normalized spacial score (nSPS) is 15.0. The number of carbonyl (C=O) groups excluding carboxylic acids is 1. The van der Waals surface area contributed by atoms with Crippen molar-refractivity contribution in [1.29, 1.82) is 0 Å². The number of halogens is 1. The number of unbranched alkanes of at least 4 members (excludes halogenated alkanes) is 1. The molecule has 0 N–H and O–H groups in total. The van der Waals surface area contributed by atoms with E-state index in [2.05, 4.69) is 13.8 Å². The first-order valence-corrected chi connectivity index (χ1v) is 13.7. The summed E-state index contributed by atoms with van der Waals surface area (Å²) in [5.74, 6) is 0.210. The van der Waals surface area contributed by atoms with Gasteiger partial charge in [0.2, 0.25) is 0 Å². The predicted molar refractivity (Wildman–Crippen MR) is 130 cm³/mol. The van der Waals surface area contributed by atoms with Gasteiger partial charge in [-0.05, 0) is 47.7 Å². The van der Waals surface area contributed by atoms with Gasteiger partial charge in [0.05, 0.1) is 18.1 Å². The molecule has 6 nitrogen and oxygen atoms in total. The summed E-state index contributed by atoms with van der Waals surface area (Å²) >= 11 is 0. The van der Waals surface area contributed by atoms with Crippen molar-refractivity contribution in [1.82, 2.24) is 4.90 Å². The van der Waals surface area contributed by atoms with Crippen molar-refractivity contribution < 1.29 is 27.1 Å². The van der Waals surface area contributed by atoms with Crippen molar-refractivity contribution in [2.75, 3.05) is 32.6 Å². The Morgan fingerprint density at radius 2 is 1.79 bits per heavy atom. The molecular formula is C26H34FNO5S. The molecule has 0 aromatic heterocycles. The first-order valence-electron chi connectivity index (χ1n) is 11.9. The molecule has 186 valence electrons. The lowest BCUT2D eigenvalue weighted by Gasteiger charge is -2.38. The fraction of sp³-hybridized carbons (Fsp3) is 0.500. The Morgan fingerprint density at radius 3 is 2.38 bits per heavy atom. The Morgan fingerprint density at radius 1 is 1.12 bits per heavy atom. The van der Waals surface area contributed by atoms with Gasteiger partial charge in [-0.15, -0.1) is 0 Å². The molecule has 2 aromatic carbocycles. The summed E-state index contributed by atoms with van der Waals surface area (Å²) in [7, 11) is -3.28. The van der Waals surface area contributed by atoms with E-state index in [0.717, 1.165) is 31.9 Å². The number of amides is 1. The highest BCUT2D eigenvalue weighted by atomic mass is 32.2. The lowest BCUT2D eigenvalue weighted by molar-refractivity contribution is 0.0293. The van der Waals surface area contributed by atoms with Gasteiger partial charge in [0.1, 0.15) is 0 Å². The molecule has 8 heteroatoms. The Kier molecular flexibility index (Phi) is 8.94.